The van der Waals surface area contributed by atoms with Crippen LogP contribution in [-0.2, 0) is 4.79 Å². The number of likely N-dealkylation sites (N-methyl/N-ethyl adjacent to an activating group) is 1. The highest BCUT2D eigenvalue weighted by atomic mass is 16.1. The Hall–Kier alpha value is -1.22. The lowest BCUT2D eigenvalue weighted by molar-refractivity contribution is -0.125. The highest BCUT2D eigenvalue weighted by Gasteiger charge is 2.36. The minimum atomic E-state index is -0.168. The van der Waals surface area contributed by atoms with Crippen LogP contribution in [0.2, 0.25) is 0 Å². The number of aromatic nitrogens is 1. The molecule has 1 aliphatic carbocycles. The molecule has 1 aromatic heterocycles. The summed E-state index contributed by atoms with van der Waals surface area (Å²) in [4.78, 5) is 18.3. The van der Waals surface area contributed by atoms with E-state index in [0.717, 1.165) is 18.5 Å². The van der Waals surface area contributed by atoms with Gasteiger partial charge in [-0.1, -0.05) is 6.07 Å². The molecule has 0 aliphatic heterocycles. The number of carbonyl (C=O) groups is 1. The van der Waals surface area contributed by atoms with Crippen molar-refractivity contribution in [1.82, 2.24) is 9.88 Å². The van der Waals surface area contributed by atoms with Crippen LogP contribution in [0.15, 0.2) is 24.4 Å². The molecule has 15 heavy (non-hydrogen) atoms. The van der Waals surface area contributed by atoms with E-state index in [9.17, 15) is 4.79 Å². The van der Waals surface area contributed by atoms with Gasteiger partial charge in [0.15, 0.2) is 5.78 Å². The summed E-state index contributed by atoms with van der Waals surface area (Å²) in [6, 6.07) is 5.56. The van der Waals surface area contributed by atoms with Crippen molar-refractivity contribution >= 4 is 5.78 Å². The number of Topliss-reactive ketones (excluding diaryl/α,β-unsaturated/α-hetero) is 1. The number of hydrogen-bond donors (Lipinski definition) is 0. The standard InChI is InChI=1S/C12H16N2O/c1-14(2)11(12(15)9-6-7-9)10-5-3-4-8-13-10/h3-5,8-9,11H,6-7H2,1-2H3. The lowest BCUT2D eigenvalue weighted by Crippen LogP contribution is -2.29. The molecule has 1 fully saturated rings. The zero-order valence-corrected chi connectivity index (χ0v) is 9.18. The van der Waals surface area contributed by atoms with Crippen molar-refractivity contribution < 1.29 is 4.79 Å². The smallest absolute Gasteiger partial charge is 0.159 e. The highest BCUT2D eigenvalue weighted by molar-refractivity contribution is 5.88. The van der Waals surface area contributed by atoms with Crippen molar-refractivity contribution in [2.45, 2.75) is 18.9 Å². The lowest BCUT2D eigenvalue weighted by Gasteiger charge is -2.22. The molecule has 0 radical (unpaired) electrons. The van der Waals surface area contributed by atoms with Gasteiger partial charge in [-0.25, -0.2) is 0 Å². The molecule has 0 bridgehead atoms. The van der Waals surface area contributed by atoms with Crippen LogP contribution in [0.5, 0.6) is 0 Å². The summed E-state index contributed by atoms with van der Waals surface area (Å²) in [5, 5.41) is 0. The van der Waals surface area contributed by atoms with Crippen molar-refractivity contribution in [3.05, 3.63) is 30.1 Å². The fraction of sp³-hybridized carbons (Fsp3) is 0.500. The molecule has 1 heterocycles. The van der Waals surface area contributed by atoms with Gasteiger partial charge in [-0.3, -0.25) is 14.7 Å². The Morgan fingerprint density at radius 2 is 2.20 bits per heavy atom. The predicted molar refractivity (Wildman–Crippen MR) is 58.4 cm³/mol. The third-order valence-corrected chi connectivity index (χ3v) is 2.73. The predicted octanol–water partition coefficient (Wildman–Crippen LogP) is 1.66. The van der Waals surface area contributed by atoms with Gasteiger partial charge >= 0.3 is 0 Å². The molecule has 1 atom stereocenters. The van der Waals surface area contributed by atoms with Crippen molar-refractivity contribution in [3.8, 4) is 0 Å². The van der Waals surface area contributed by atoms with E-state index in [0.29, 0.717) is 5.78 Å². The summed E-state index contributed by atoms with van der Waals surface area (Å²) >= 11 is 0. The fourth-order valence-corrected chi connectivity index (χ4v) is 1.79. The van der Waals surface area contributed by atoms with Gasteiger partial charge in [0.05, 0.1) is 5.69 Å². The third-order valence-electron chi connectivity index (χ3n) is 2.73. The minimum Gasteiger partial charge on any atom is -0.297 e. The van der Waals surface area contributed by atoms with Crippen molar-refractivity contribution in [2.24, 2.45) is 5.92 Å². The maximum absolute atomic E-state index is 12.1. The molecule has 3 heteroatoms. The Labute approximate surface area is 90.1 Å². The third kappa shape index (κ3) is 2.23. The summed E-state index contributed by atoms with van der Waals surface area (Å²) in [5.41, 5.74) is 0.861. The van der Waals surface area contributed by atoms with Gasteiger partial charge < -0.3 is 0 Å². The monoisotopic (exact) mass is 204 g/mol. The summed E-state index contributed by atoms with van der Waals surface area (Å²) in [7, 11) is 3.86. The molecule has 0 amide bonds. The molecular weight excluding hydrogens is 188 g/mol. The summed E-state index contributed by atoms with van der Waals surface area (Å²) < 4.78 is 0. The van der Waals surface area contributed by atoms with E-state index < -0.39 is 0 Å². The van der Waals surface area contributed by atoms with Gasteiger partial charge in [0.2, 0.25) is 0 Å². The first-order valence-electron chi connectivity index (χ1n) is 5.31. The summed E-state index contributed by atoms with van der Waals surface area (Å²) in [5.74, 6) is 0.595. The average Bonchev–Trinajstić information content (AvgIpc) is 3.02. The van der Waals surface area contributed by atoms with Crippen LogP contribution in [0.3, 0.4) is 0 Å². The van der Waals surface area contributed by atoms with E-state index in [4.69, 9.17) is 0 Å². The molecule has 3 nitrogen and oxygen atoms in total. The molecule has 0 aromatic carbocycles. The quantitative estimate of drug-likeness (QED) is 0.748. The van der Waals surface area contributed by atoms with Crippen molar-refractivity contribution in [1.29, 1.82) is 0 Å². The molecule has 1 saturated carbocycles. The second-order valence-corrected chi connectivity index (χ2v) is 4.30. The summed E-state index contributed by atoms with van der Waals surface area (Å²) in [6.45, 7) is 0. The number of pyridine rings is 1. The van der Waals surface area contributed by atoms with E-state index in [1.807, 2.05) is 37.2 Å². The maximum Gasteiger partial charge on any atom is 0.159 e. The second-order valence-electron chi connectivity index (χ2n) is 4.30. The van der Waals surface area contributed by atoms with E-state index in [2.05, 4.69) is 4.98 Å². The van der Waals surface area contributed by atoms with Crippen LogP contribution < -0.4 is 0 Å². The van der Waals surface area contributed by atoms with Gasteiger partial charge in [-0.05, 0) is 39.1 Å². The number of rotatable bonds is 4. The summed E-state index contributed by atoms with van der Waals surface area (Å²) in [6.07, 6.45) is 3.85. The van der Waals surface area contributed by atoms with Crippen LogP contribution in [-0.4, -0.2) is 29.8 Å². The maximum atomic E-state index is 12.1. The van der Waals surface area contributed by atoms with Crippen molar-refractivity contribution in [2.75, 3.05) is 14.1 Å². The van der Waals surface area contributed by atoms with Crippen molar-refractivity contribution in [3.63, 3.8) is 0 Å². The van der Waals surface area contributed by atoms with Crippen LogP contribution in [0, 0.1) is 5.92 Å². The Morgan fingerprint density at radius 3 is 2.67 bits per heavy atom. The first kappa shape index (κ1) is 10.3. The molecule has 1 unspecified atom stereocenters. The molecule has 0 N–H and O–H groups in total. The molecule has 0 spiro atoms. The zero-order valence-electron chi connectivity index (χ0n) is 9.18. The molecule has 2 rings (SSSR count). The van der Waals surface area contributed by atoms with Gasteiger partial charge in [-0.2, -0.15) is 0 Å². The van der Waals surface area contributed by atoms with E-state index in [1.165, 1.54) is 0 Å². The Bertz CT molecular complexity index is 344. The number of nitrogens with zero attached hydrogens (tertiary/aromatic N) is 2. The van der Waals surface area contributed by atoms with Gasteiger partial charge in [0, 0.05) is 12.1 Å². The first-order chi connectivity index (χ1) is 7.20. The number of hydrogen-bond acceptors (Lipinski definition) is 3. The Morgan fingerprint density at radius 1 is 1.47 bits per heavy atom. The van der Waals surface area contributed by atoms with Crippen LogP contribution in [0.4, 0.5) is 0 Å². The SMILES string of the molecule is CN(C)C(C(=O)C1CC1)c1ccccn1. The fourth-order valence-electron chi connectivity index (χ4n) is 1.79. The minimum absolute atomic E-state index is 0.168. The van der Waals surface area contributed by atoms with Gasteiger partial charge in [0.1, 0.15) is 6.04 Å². The zero-order chi connectivity index (χ0) is 10.8. The highest BCUT2D eigenvalue weighted by Crippen LogP contribution is 2.35. The number of carbonyl (C=O) groups excluding carboxylic acids is 1. The molecule has 1 aliphatic rings. The number of ketones is 1. The van der Waals surface area contributed by atoms with E-state index in [-0.39, 0.29) is 12.0 Å². The normalized spacial score (nSPS) is 17.8. The average molecular weight is 204 g/mol. The van der Waals surface area contributed by atoms with Gasteiger partial charge in [-0.15, -0.1) is 0 Å². The van der Waals surface area contributed by atoms with E-state index >= 15 is 0 Å². The Balaban J connectivity index is 2.23. The first-order valence-corrected chi connectivity index (χ1v) is 5.31. The van der Waals surface area contributed by atoms with Crippen LogP contribution in [0.25, 0.3) is 0 Å². The molecule has 1 aromatic rings. The van der Waals surface area contributed by atoms with E-state index in [1.54, 1.807) is 6.20 Å². The molecule has 80 valence electrons. The second kappa shape index (κ2) is 4.11. The topological polar surface area (TPSA) is 33.2 Å². The Kier molecular flexibility index (Phi) is 2.82. The lowest BCUT2D eigenvalue weighted by atomic mass is 10.0. The molecule has 0 saturated heterocycles. The largest absolute Gasteiger partial charge is 0.297 e. The van der Waals surface area contributed by atoms with Crippen LogP contribution >= 0.6 is 0 Å². The van der Waals surface area contributed by atoms with Gasteiger partial charge in [0.25, 0.3) is 0 Å². The molecular formula is C12H16N2O. The van der Waals surface area contributed by atoms with Crippen LogP contribution in [0.1, 0.15) is 24.6 Å².